The van der Waals surface area contributed by atoms with Crippen LogP contribution in [0.25, 0.3) is 11.4 Å². The molecule has 0 saturated carbocycles. The highest BCUT2D eigenvalue weighted by Crippen LogP contribution is 2.30. The summed E-state index contributed by atoms with van der Waals surface area (Å²) >= 11 is 11.7. The Labute approximate surface area is 281 Å². The number of carbonyl (C=O) groups is 2. The summed E-state index contributed by atoms with van der Waals surface area (Å²) in [5, 5.41) is 8.99. The first-order chi connectivity index (χ1) is 22.7. The number of carboxylic acids is 1. The number of esters is 1. The molecule has 0 radical (unpaired) electrons. The number of hydrogen-bond acceptors (Lipinski definition) is 9. The molecule has 1 N–H and O–H groups in total. The van der Waals surface area contributed by atoms with Crippen LogP contribution in [0.5, 0.6) is 12.0 Å². The summed E-state index contributed by atoms with van der Waals surface area (Å²) in [5.41, 5.74) is -5.28. The molecule has 0 aliphatic carbocycles. The topological polar surface area (TPSA) is 152 Å². The first-order valence-electron chi connectivity index (χ1n) is 13.2. The van der Waals surface area contributed by atoms with Gasteiger partial charge in [-0.2, -0.15) is 36.3 Å². The molecule has 2 heterocycles. The predicted molar refractivity (Wildman–Crippen MR) is 160 cm³/mol. The molecule has 4 aromatic rings. The van der Waals surface area contributed by atoms with E-state index in [0.717, 1.165) is 24.9 Å². The van der Waals surface area contributed by atoms with Crippen molar-refractivity contribution in [3.63, 3.8) is 0 Å². The lowest BCUT2D eigenvalue weighted by Crippen LogP contribution is -2.25. The Morgan fingerprint density at radius 1 is 0.735 bits per heavy atom. The standard InChI is InChI=1S/C16H14ClF3N2O4.C13H8ClF3N2O4/c1-8(2)26-14(24)10-6-9(4-5-11(10)17)22-13(23)7-12(16(18,19)20)21-15(22)25-3;1-23-12-18-9(13(15,16)17)5-10(20)19(12)6-2-3-8(14)7(4-6)11(21)22/h4-8H,1-3H3;2-5H,1H3,(H,21,22). The SMILES string of the molecule is COc1nc(C(F)(F)F)cc(=O)n1-c1ccc(Cl)c(C(=O)O)c1.COc1nc(C(F)(F)F)cc(=O)n1-c1ccc(Cl)c(C(=O)OC(C)C)c1. The number of hydrogen-bond donors (Lipinski definition) is 1. The third-order valence-corrected chi connectivity index (χ3v) is 6.59. The molecule has 0 unspecified atom stereocenters. The van der Waals surface area contributed by atoms with Crippen molar-refractivity contribution in [3.8, 4) is 23.4 Å². The zero-order chi connectivity index (χ0) is 37.0. The largest absolute Gasteiger partial charge is 0.478 e. The van der Waals surface area contributed by atoms with Crippen LogP contribution in [0, 0.1) is 0 Å². The molecule has 2 aromatic heterocycles. The molecular weight excluding hydrogens is 717 g/mol. The van der Waals surface area contributed by atoms with E-state index in [1.165, 1.54) is 30.3 Å². The number of carboxylic acid groups (broad SMARTS) is 1. The van der Waals surface area contributed by atoms with Crippen molar-refractivity contribution in [2.45, 2.75) is 32.3 Å². The van der Waals surface area contributed by atoms with Crippen molar-refractivity contribution in [3.05, 3.63) is 102 Å². The van der Waals surface area contributed by atoms with Crippen LogP contribution in [-0.2, 0) is 17.1 Å². The van der Waals surface area contributed by atoms with Crippen LogP contribution >= 0.6 is 23.2 Å². The van der Waals surface area contributed by atoms with Gasteiger partial charge in [0.2, 0.25) is 0 Å². The highest BCUT2D eigenvalue weighted by Gasteiger charge is 2.35. The molecule has 0 aliphatic rings. The van der Waals surface area contributed by atoms with E-state index in [1.54, 1.807) is 13.8 Å². The van der Waals surface area contributed by atoms with Crippen molar-refractivity contribution in [1.29, 1.82) is 0 Å². The minimum absolute atomic E-state index is 0.0464. The Hall–Kier alpha value is -5.10. The number of methoxy groups -OCH3 is 2. The lowest BCUT2D eigenvalue weighted by Gasteiger charge is -2.15. The van der Waals surface area contributed by atoms with Crippen LogP contribution in [0.15, 0.2) is 58.1 Å². The van der Waals surface area contributed by atoms with Crippen LogP contribution in [-0.4, -0.2) is 56.5 Å². The Morgan fingerprint density at radius 2 is 1.12 bits per heavy atom. The molecule has 49 heavy (non-hydrogen) atoms. The molecule has 0 spiro atoms. The maximum Gasteiger partial charge on any atom is 0.433 e. The zero-order valence-electron chi connectivity index (χ0n) is 25.3. The second-order valence-electron chi connectivity index (χ2n) is 9.69. The van der Waals surface area contributed by atoms with Gasteiger partial charge < -0.3 is 19.3 Å². The number of aromatic nitrogens is 4. The predicted octanol–water partition coefficient (Wildman–Crippen LogP) is 6.09. The van der Waals surface area contributed by atoms with Crippen molar-refractivity contribution in [2.24, 2.45) is 0 Å². The molecule has 0 bridgehead atoms. The fourth-order valence-corrected chi connectivity index (χ4v) is 4.26. The van der Waals surface area contributed by atoms with E-state index in [-0.39, 0.29) is 38.6 Å². The van der Waals surface area contributed by atoms with Crippen molar-refractivity contribution >= 4 is 35.1 Å². The van der Waals surface area contributed by atoms with Gasteiger partial charge >= 0.3 is 36.3 Å². The van der Waals surface area contributed by atoms with Gasteiger partial charge in [-0.15, -0.1) is 0 Å². The van der Waals surface area contributed by atoms with Gasteiger partial charge in [-0.3, -0.25) is 9.59 Å². The highest BCUT2D eigenvalue weighted by atomic mass is 35.5. The van der Waals surface area contributed by atoms with Crippen molar-refractivity contribution in [2.75, 3.05) is 14.2 Å². The van der Waals surface area contributed by atoms with E-state index in [2.05, 4.69) is 9.97 Å². The van der Waals surface area contributed by atoms with E-state index >= 15 is 0 Å². The highest BCUT2D eigenvalue weighted by molar-refractivity contribution is 6.34. The molecule has 0 atom stereocenters. The number of carbonyl (C=O) groups excluding carboxylic acids is 1. The van der Waals surface area contributed by atoms with Gasteiger partial charge in [0.05, 0.1) is 52.9 Å². The minimum Gasteiger partial charge on any atom is -0.478 e. The average molecular weight is 739 g/mol. The van der Waals surface area contributed by atoms with Crippen LogP contribution in [0.4, 0.5) is 26.3 Å². The van der Waals surface area contributed by atoms with Crippen molar-refractivity contribution in [1.82, 2.24) is 19.1 Å². The molecule has 12 nitrogen and oxygen atoms in total. The number of benzene rings is 2. The van der Waals surface area contributed by atoms with Crippen LogP contribution < -0.4 is 20.6 Å². The third kappa shape index (κ3) is 9.08. The average Bonchev–Trinajstić information content (AvgIpc) is 3.00. The smallest absolute Gasteiger partial charge is 0.433 e. The lowest BCUT2D eigenvalue weighted by molar-refractivity contribution is -0.142. The Morgan fingerprint density at radius 3 is 1.47 bits per heavy atom. The van der Waals surface area contributed by atoms with Crippen molar-refractivity contribution < 1.29 is 55.2 Å². The molecule has 0 fully saturated rings. The first kappa shape index (κ1) is 38.3. The minimum atomic E-state index is -4.82. The molecule has 0 amide bonds. The first-order valence-corrected chi connectivity index (χ1v) is 14.0. The Bertz CT molecular complexity index is 2010. The number of ether oxygens (including phenoxy) is 3. The number of nitrogens with zero attached hydrogens (tertiary/aromatic N) is 4. The van der Waals surface area contributed by atoms with Crippen LogP contribution in [0.1, 0.15) is 46.0 Å². The lowest BCUT2D eigenvalue weighted by atomic mass is 10.2. The zero-order valence-corrected chi connectivity index (χ0v) is 26.8. The van der Waals surface area contributed by atoms with E-state index < -0.39 is 64.9 Å². The maximum atomic E-state index is 12.8. The molecule has 4 rings (SSSR count). The van der Waals surface area contributed by atoms with Gasteiger partial charge in [-0.25, -0.2) is 18.7 Å². The summed E-state index contributed by atoms with van der Waals surface area (Å²) in [7, 11) is 2.11. The quantitative estimate of drug-likeness (QED) is 0.174. The second-order valence-corrected chi connectivity index (χ2v) is 10.5. The van der Waals surface area contributed by atoms with E-state index in [4.69, 9.17) is 42.5 Å². The molecular formula is C29H22Cl2F6N4O8. The summed E-state index contributed by atoms with van der Waals surface area (Å²) in [6, 6.07) is 6.76. The van der Waals surface area contributed by atoms with Gasteiger partial charge in [-0.1, -0.05) is 23.2 Å². The van der Waals surface area contributed by atoms with Gasteiger partial charge in [0.15, 0.2) is 11.4 Å². The number of aromatic carboxylic acids is 1. The number of alkyl halides is 6. The maximum absolute atomic E-state index is 12.8. The van der Waals surface area contributed by atoms with E-state index in [0.29, 0.717) is 10.6 Å². The molecule has 2 aromatic carbocycles. The normalized spacial score (nSPS) is 11.4. The fourth-order valence-electron chi connectivity index (χ4n) is 3.86. The fraction of sp³-hybridized carbons (Fsp3) is 0.241. The molecule has 0 saturated heterocycles. The summed E-state index contributed by atoms with van der Waals surface area (Å²) in [6.45, 7) is 3.28. The molecule has 262 valence electrons. The van der Waals surface area contributed by atoms with Crippen LogP contribution in [0.3, 0.4) is 0 Å². The van der Waals surface area contributed by atoms with Crippen LogP contribution in [0.2, 0.25) is 10.0 Å². The van der Waals surface area contributed by atoms with E-state index in [1.807, 2.05) is 0 Å². The Kier molecular flexibility index (Phi) is 11.7. The van der Waals surface area contributed by atoms with Gasteiger partial charge in [0, 0.05) is 12.1 Å². The third-order valence-electron chi connectivity index (χ3n) is 5.93. The Balaban J connectivity index is 0.000000267. The summed E-state index contributed by atoms with van der Waals surface area (Å²) in [4.78, 5) is 53.9. The van der Waals surface area contributed by atoms with Gasteiger partial charge in [-0.05, 0) is 50.2 Å². The molecule has 20 heteroatoms. The second kappa shape index (κ2) is 15.0. The number of rotatable bonds is 7. The summed E-state index contributed by atoms with van der Waals surface area (Å²) in [6.07, 6.45) is -10.0. The van der Waals surface area contributed by atoms with E-state index in [9.17, 15) is 45.5 Å². The summed E-state index contributed by atoms with van der Waals surface area (Å²) < 4.78 is 92.6. The number of halogens is 8. The van der Waals surface area contributed by atoms with Gasteiger partial charge in [0.1, 0.15) is 0 Å². The molecule has 0 aliphatic heterocycles. The summed E-state index contributed by atoms with van der Waals surface area (Å²) in [5.74, 6) is -2.09. The monoisotopic (exact) mass is 738 g/mol. The van der Waals surface area contributed by atoms with Gasteiger partial charge in [0.25, 0.3) is 11.1 Å².